The van der Waals surface area contributed by atoms with Crippen LogP contribution in [0.25, 0.3) is 0 Å². The summed E-state index contributed by atoms with van der Waals surface area (Å²) in [6.45, 7) is 4.87. The Balaban J connectivity index is 1.71. The van der Waals surface area contributed by atoms with E-state index in [1.807, 2.05) is 38.1 Å². The number of carbonyl (C=O) groups is 2. The Bertz CT molecular complexity index is 920. The van der Waals surface area contributed by atoms with E-state index in [2.05, 4.69) is 0 Å². The van der Waals surface area contributed by atoms with Crippen molar-refractivity contribution in [1.29, 1.82) is 5.41 Å². The fourth-order valence-corrected chi connectivity index (χ4v) is 3.49. The number of rotatable bonds is 6. The monoisotopic (exact) mass is 394 g/mol. The third-order valence-corrected chi connectivity index (χ3v) is 5.13. The number of nitrogens with zero attached hydrogens (tertiary/aromatic N) is 2. The van der Waals surface area contributed by atoms with Crippen LogP contribution in [0.2, 0.25) is 0 Å². The van der Waals surface area contributed by atoms with E-state index in [1.165, 1.54) is 7.11 Å². The second-order valence-corrected chi connectivity index (χ2v) is 7.77. The number of methoxy groups -OCH3 is 1. The molecule has 7 nitrogen and oxygen atoms in total. The summed E-state index contributed by atoms with van der Waals surface area (Å²) >= 11 is 0. The standard InChI is InChI=1S/C22H26N4O3/c1-22(2,20(27)29-3)14-15-4-8-17(9-5-15)25-12-13-26(21(25)28)18-10-6-16(7-11-18)19(23)24/h4-11H,12-14H2,1-3H3,(H3,23,24). The highest BCUT2D eigenvalue weighted by Gasteiger charge is 2.31. The first-order valence-electron chi connectivity index (χ1n) is 9.44. The number of nitrogen functional groups attached to an aromatic ring is 1. The molecular weight excluding hydrogens is 368 g/mol. The molecule has 0 bridgehead atoms. The van der Waals surface area contributed by atoms with Gasteiger partial charge in [0.2, 0.25) is 0 Å². The first kappa shape index (κ1) is 20.4. The van der Waals surface area contributed by atoms with Gasteiger partial charge in [0.05, 0.1) is 12.5 Å². The molecule has 2 aromatic carbocycles. The number of carbonyl (C=O) groups excluding carboxylic acids is 2. The molecule has 1 aliphatic rings. The molecule has 1 heterocycles. The molecule has 0 radical (unpaired) electrons. The molecular formula is C22H26N4O3. The molecule has 152 valence electrons. The molecule has 0 saturated carbocycles. The summed E-state index contributed by atoms with van der Waals surface area (Å²) in [7, 11) is 1.39. The number of urea groups is 1. The van der Waals surface area contributed by atoms with Crippen LogP contribution in [0.15, 0.2) is 48.5 Å². The maximum atomic E-state index is 12.9. The van der Waals surface area contributed by atoms with Gasteiger partial charge in [-0.05, 0) is 62.2 Å². The van der Waals surface area contributed by atoms with Crippen LogP contribution < -0.4 is 15.5 Å². The van der Waals surface area contributed by atoms with Gasteiger partial charge in [0.15, 0.2) is 0 Å². The van der Waals surface area contributed by atoms with Gasteiger partial charge in [0, 0.05) is 30.0 Å². The first-order valence-corrected chi connectivity index (χ1v) is 9.44. The van der Waals surface area contributed by atoms with Gasteiger partial charge in [-0.3, -0.25) is 20.0 Å². The molecule has 29 heavy (non-hydrogen) atoms. The highest BCUT2D eigenvalue weighted by atomic mass is 16.5. The molecule has 2 amide bonds. The van der Waals surface area contributed by atoms with Gasteiger partial charge in [-0.25, -0.2) is 4.79 Å². The Morgan fingerprint density at radius 2 is 1.52 bits per heavy atom. The largest absolute Gasteiger partial charge is 0.469 e. The number of hydrogen-bond acceptors (Lipinski definition) is 4. The summed E-state index contributed by atoms with van der Waals surface area (Å²) in [5.41, 5.74) is 8.11. The topological polar surface area (TPSA) is 99.7 Å². The maximum absolute atomic E-state index is 12.9. The lowest BCUT2D eigenvalue weighted by Crippen LogP contribution is -2.31. The van der Waals surface area contributed by atoms with Crippen molar-refractivity contribution in [2.45, 2.75) is 20.3 Å². The van der Waals surface area contributed by atoms with Gasteiger partial charge >= 0.3 is 12.0 Å². The average Bonchev–Trinajstić information content (AvgIpc) is 3.09. The Morgan fingerprint density at radius 1 is 1.03 bits per heavy atom. The summed E-state index contributed by atoms with van der Waals surface area (Å²) < 4.78 is 4.86. The van der Waals surface area contributed by atoms with Crippen molar-refractivity contribution in [2.24, 2.45) is 11.1 Å². The van der Waals surface area contributed by atoms with E-state index >= 15 is 0 Å². The van der Waals surface area contributed by atoms with Gasteiger partial charge in [-0.2, -0.15) is 0 Å². The van der Waals surface area contributed by atoms with E-state index in [0.29, 0.717) is 25.1 Å². The molecule has 7 heteroatoms. The number of nitrogens with two attached hydrogens (primary N) is 1. The molecule has 0 aromatic heterocycles. The molecule has 0 atom stereocenters. The Kier molecular flexibility index (Phi) is 5.59. The second-order valence-electron chi connectivity index (χ2n) is 7.77. The summed E-state index contributed by atoms with van der Waals surface area (Å²) in [6.07, 6.45) is 0.558. The zero-order chi connectivity index (χ0) is 21.2. The van der Waals surface area contributed by atoms with Crippen molar-refractivity contribution in [2.75, 3.05) is 30.0 Å². The predicted molar refractivity (Wildman–Crippen MR) is 113 cm³/mol. The van der Waals surface area contributed by atoms with Crippen LogP contribution >= 0.6 is 0 Å². The fourth-order valence-electron chi connectivity index (χ4n) is 3.49. The lowest BCUT2D eigenvalue weighted by atomic mass is 9.86. The number of hydrogen-bond donors (Lipinski definition) is 2. The van der Waals surface area contributed by atoms with E-state index in [0.717, 1.165) is 16.9 Å². The highest BCUT2D eigenvalue weighted by molar-refractivity contribution is 6.06. The summed E-state index contributed by atoms with van der Waals surface area (Å²) in [4.78, 5) is 28.2. The van der Waals surface area contributed by atoms with Gasteiger partial charge in [-0.1, -0.05) is 12.1 Å². The minimum absolute atomic E-state index is 0.00129. The Hall–Kier alpha value is -3.35. The van der Waals surface area contributed by atoms with Crippen LogP contribution in [0.4, 0.5) is 16.2 Å². The van der Waals surface area contributed by atoms with Crippen molar-refractivity contribution in [1.82, 2.24) is 0 Å². The van der Waals surface area contributed by atoms with Gasteiger partial charge in [0.25, 0.3) is 0 Å². The van der Waals surface area contributed by atoms with E-state index < -0.39 is 5.41 Å². The third kappa shape index (κ3) is 4.23. The van der Waals surface area contributed by atoms with Crippen LogP contribution in [0.5, 0.6) is 0 Å². The second kappa shape index (κ2) is 7.95. The molecule has 3 rings (SSSR count). The molecule has 3 N–H and O–H groups in total. The SMILES string of the molecule is COC(=O)C(C)(C)Cc1ccc(N2CCN(c3ccc(C(=N)N)cc3)C2=O)cc1. The summed E-state index contributed by atoms with van der Waals surface area (Å²) in [6, 6.07) is 14.7. The lowest BCUT2D eigenvalue weighted by Gasteiger charge is -2.22. The van der Waals surface area contributed by atoms with Gasteiger partial charge in [-0.15, -0.1) is 0 Å². The van der Waals surface area contributed by atoms with Crippen LogP contribution in [0.3, 0.4) is 0 Å². The van der Waals surface area contributed by atoms with E-state index in [4.69, 9.17) is 15.9 Å². The van der Waals surface area contributed by atoms with Crippen LogP contribution in [-0.2, 0) is 16.0 Å². The van der Waals surface area contributed by atoms with E-state index in [1.54, 1.807) is 34.1 Å². The number of nitrogens with one attached hydrogen (secondary N) is 1. The van der Waals surface area contributed by atoms with E-state index in [-0.39, 0.29) is 17.8 Å². The van der Waals surface area contributed by atoms with Crippen molar-refractivity contribution in [3.05, 3.63) is 59.7 Å². The summed E-state index contributed by atoms with van der Waals surface area (Å²) in [5, 5.41) is 7.47. The molecule has 0 aliphatic carbocycles. The van der Waals surface area contributed by atoms with Gasteiger partial charge < -0.3 is 10.5 Å². The van der Waals surface area contributed by atoms with Crippen molar-refractivity contribution >= 4 is 29.2 Å². The van der Waals surface area contributed by atoms with Crippen LogP contribution in [-0.4, -0.2) is 38.0 Å². The maximum Gasteiger partial charge on any atom is 0.329 e. The number of amidine groups is 1. The Labute approximate surface area is 170 Å². The summed E-state index contributed by atoms with van der Waals surface area (Å²) in [5.74, 6) is -0.246. The number of benzene rings is 2. The molecule has 1 saturated heterocycles. The molecule has 2 aromatic rings. The van der Waals surface area contributed by atoms with Crippen molar-refractivity contribution in [3.63, 3.8) is 0 Å². The zero-order valence-electron chi connectivity index (χ0n) is 16.9. The highest BCUT2D eigenvalue weighted by Crippen LogP contribution is 2.28. The van der Waals surface area contributed by atoms with E-state index in [9.17, 15) is 9.59 Å². The van der Waals surface area contributed by atoms with Gasteiger partial charge in [0.1, 0.15) is 5.84 Å². The number of amides is 2. The average molecular weight is 394 g/mol. The minimum Gasteiger partial charge on any atom is -0.469 e. The molecule has 1 aliphatic heterocycles. The van der Waals surface area contributed by atoms with Crippen LogP contribution in [0.1, 0.15) is 25.0 Å². The fraction of sp³-hybridized carbons (Fsp3) is 0.318. The number of ether oxygens (including phenoxy) is 1. The normalized spacial score (nSPS) is 14.2. The molecule has 0 spiro atoms. The molecule has 1 fully saturated rings. The number of esters is 1. The number of anilines is 2. The third-order valence-electron chi connectivity index (χ3n) is 5.13. The molecule has 0 unspecified atom stereocenters. The van der Waals surface area contributed by atoms with Crippen LogP contribution in [0, 0.1) is 10.8 Å². The predicted octanol–water partition coefficient (Wildman–Crippen LogP) is 3.16. The minimum atomic E-state index is -0.609. The van der Waals surface area contributed by atoms with Crippen molar-refractivity contribution in [3.8, 4) is 0 Å². The quantitative estimate of drug-likeness (QED) is 0.446. The zero-order valence-corrected chi connectivity index (χ0v) is 16.9. The lowest BCUT2D eigenvalue weighted by molar-refractivity contribution is -0.150. The Morgan fingerprint density at radius 3 is 1.97 bits per heavy atom. The first-order chi connectivity index (χ1) is 13.7. The van der Waals surface area contributed by atoms with Crippen molar-refractivity contribution < 1.29 is 14.3 Å². The smallest absolute Gasteiger partial charge is 0.329 e.